The van der Waals surface area contributed by atoms with Gasteiger partial charge in [0.2, 0.25) is 0 Å². The molecule has 0 spiro atoms. The van der Waals surface area contributed by atoms with Gasteiger partial charge >= 0.3 is 0 Å². The Bertz CT molecular complexity index is 412. The van der Waals surface area contributed by atoms with Crippen molar-refractivity contribution in [3.8, 4) is 0 Å². The van der Waals surface area contributed by atoms with Crippen molar-refractivity contribution >= 4 is 5.78 Å². The molecule has 1 aliphatic carbocycles. The van der Waals surface area contributed by atoms with Crippen LogP contribution in [0, 0.1) is 0 Å². The number of halogens is 2. The molecule has 2 rings (SSSR count). The quantitative estimate of drug-likeness (QED) is 0.698. The molecule has 0 bridgehead atoms. The van der Waals surface area contributed by atoms with Crippen LogP contribution in [0.15, 0.2) is 24.3 Å². The highest BCUT2D eigenvalue weighted by Crippen LogP contribution is 2.47. The van der Waals surface area contributed by atoms with Crippen LogP contribution in [0.1, 0.15) is 48.0 Å². The number of hydrogen-bond acceptors (Lipinski definition) is 1. The molecule has 86 valence electrons. The zero-order valence-electron chi connectivity index (χ0n) is 9.17. The molecule has 1 fully saturated rings. The summed E-state index contributed by atoms with van der Waals surface area (Å²) in [5, 5.41) is 0. The molecule has 0 heterocycles. The second-order valence-corrected chi connectivity index (χ2v) is 4.35. The Labute approximate surface area is 93.5 Å². The first-order valence-electron chi connectivity index (χ1n) is 5.50. The van der Waals surface area contributed by atoms with Gasteiger partial charge in [-0.2, -0.15) is 0 Å². The fourth-order valence-electron chi connectivity index (χ4n) is 2.43. The average molecular weight is 224 g/mol. The molecule has 1 aromatic carbocycles. The molecule has 1 saturated carbocycles. The van der Waals surface area contributed by atoms with Gasteiger partial charge in [0.25, 0.3) is 5.92 Å². The highest BCUT2D eigenvalue weighted by atomic mass is 19.3. The zero-order chi connectivity index (χ0) is 11.8. The number of hydrogen-bond donors (Lipinski definition) is 0. The van der Waals surface area contributed by atoms with E-state index < -0.39 is 11.8 Å². The molecule has 1 aromatic rings. The monoisotopic (exact) mass is 224 g/mol. The Kier molecular flexibility index (Phi) is 2.78. The summed E-state index contributed by atoms with van der Waals surface area (Å²) >= 11 is 0. The Balaban J connectivity index is 2.44. The molecule has 1 aliphatic rings. The van der Waals surface area contributed by atoms with E-state index in [1.807, 2.05) is 0 Å². The molecular weight excluding hydrogens is 210 g/mol. The molecule has 0 amide bonds. The lowest BCUT2D eigenvalue weighted by Gasteiger charge is -2.21. The van der Waals surface area contributed by atoms with Crippen LogP contribution >= 0.6 is 0 Å². The van der Waals surface area contributed by atoms with Crippen molar-refractivity contribution in [1.29, 1.82) is 0 Å². The van der Waals surface area contributed by atoms with Crippen molar-refractivity contribution in [2.24, 2.45) is 0 Å². The third-order valence-electron chi connectivity index (χ3n) is 3.23. The van der Waals surface area contributed by atoms with Crippen LogP contribution in [-0.4, -0.2) is 11.7 Å². The van der Waals surface area contributed by atoms with Crippen LogP contribution in [0.5, 0.6) is 0 Å². The van der Waals surface area contributed by atoms with Crippen LogP contribution < -0.4 is 0 Å². The van der Waals surface area contributed by atoms with E-state index in [1.54, 1.807) is 24.3 Å². The first-order chi connectivity index (χ1) is 7.52. The van der Waals surface area contributed by atoms with Gasteiger partial charge in [-0.05, 0) is 25.3 Å². The third kappa shape index (κ3) is 1.86. The first kappa shape index (κ1) is 11.2. The molecule has 0 saturated heterocycles. The van der Waals surface area contributed by atoms with E-state index in [1.165, 1.54) is 6.92 Å². The van der Waals surface area contributed by atoms with Gasteiger partial charge in [-0.25, -0.2) is 8.78 Å². The van der Waals surface area contributed by atoms with Gasteiger partial charge in [0.15, 0.2) is 5.78 Å². The highest BCUT2D eigenvalue weighted by Gasteiger charge is 2.45. The maximum absolute atomic E-state index is 13.6. The van der Waals surface area contributed by atoms with Gasteiger partial charge in [-0.1, -0.05) is 24.3 Å². The van der Waals surface area contributed by atoms with Crippen molar-refractivity contribution in [3.05, 3.63) is 35.4 Å². The minimum Gasteiger partial charge on any atom is -0.295 e. The van der Waals surface area contributed by atoms with Crippen LogP contribution in [0.4, 0.5) is 8.78 Å². The second-order valence-electron chi connectivity index (χ2n) is 4.35. The minimum atomic E-state index is -2.66. The van der Waals surface area contributed by atoms with Crippen molar-refractivity contribution in [2.75, 3.05) is 0 Å². The van der Waals surface area contributed by atoms with E-state index in [0.29, 0.717) is 24.0 Å². The van der Waals surface area contributed by atoms with Crippen LogP contribution in [-0.2, 0) is 0 Å². The van der Waals surface area contributed by atoms with Gasteiger partial charge in [-0.3, -0.25) is 4.79 Å². The SMILES string of the molecule is CC(=O)c1ccccc1C1CCCC1(F)F. The Morgan fingerprint density at radius 1 is 1.38 bits per heavy atom. The number of carbonyl (C=O) groups excluding carboxylic acids is 1. The summed E-state index contributed by atoms with van der Waals surface area (Å²) in [5.74, 6) is -3.59. The maximum Gasteiger partial charge on any atom is 0.254 e. The Morgan fingerprint density at radius 3 is 2.62 bits per heavy atom. The number of carbonyl (C=O) groups is 1. The molecule has 0 radical (unpaired) electrons. The summed E-state index contributed by atoms with van der Waals surface area (Å²) in [7, 11) is 0. The lowest BCUT2D eigenvalue weighted by molar-refractivity contribution is -0.00907. The summed E-state index contributed by atoms with van der Waals surface area (Å²) in [6.45, 7) is 1.42. The van der Waals surface area contributed by atoms with Crippen molar-refractivity contribution < 1.29 is 13.6 Å². The summed E-state index contributed by atoms with van der Waals surface area (Å²) in [6, 6.07) is 6.72. The number of ketones is 1. The number of benzene rings is 1. The normalized spacial score (nSPS) is 23.3. The van der Waals surface area contributed by atoms with Crippen molar-refractivity contribution in [2.45, 2.75) is 38.0 Å². The predicted molar refractivity (Wildman–Crippen MR) is 58.0 cm³/mol. The van der Waals surface area contributed by atoms with E-state index >= 15 is 0 Å². The van der Waals surface area contributed by atoms with Crippen LogP contribution in [0.3, 0.4) is 0 Å². The molecule has 3 heteroatoms. The topological polar surface area (TPSA) is 17.1 Å². The molecule has 1 atom stereocenters. The van der Waals surface area contributed by atoms with E-state index in [2.05, 4.69) is 0 Å². The number of Topliss-reactive ketones (excluding diaryl/α,β-unsaturated/α-hetero) is 1. The van der Waals surface area contributed by atoms with Crippen molar-refractivity contribution in [1.82, 2.24) is 0 Å². The molecule has 1 nitrogen and oxygen atoms in total. The largest absolute Gasteiger partial charge is 0.295 e. The molecule has 0 aromatic heterocycles. The van der Waals surface area contributed by atoms with E-state index in [4.69, 9.17) is 0 Å². The first-order valence-corrected chi connectivity index (χ1v) is 5.50. The summed E-state index contributed by atoms with van der Waals surface area (Å²) in [4.78, 5) is 11.4. The van der Waals surface area contributed by atoms with Gasteiger partial charge in [0, 0.05) is 17.9 Å². The van der Waals surface area contributed by atoms with Gasteiger partial charge in [0.05, 0.1) is 0 Å². The summed E-state index contributed by atoms with van der Waals surface area (Å²) in [5.41, 5.74) is 0.951. The molecule has 16 heavy (non-hydrogen) atoms. The lowest BCUT2D eigenvalue weighted by atomic mass is 9.89. The Hall–Kier alpha value is -1.25. The predicted octanol–water partition coefficient (Wildman–Crippen LogP) is 3.79. The van der Waals surface area contributed by atoms with Gasteiger partial charge in [-0.15, -0.1) is 0 Å². The molecular formula is C13H14F2O. The minimum absolute atomic E-state index is 0.0656. The second kappa shape index (κ2) is 3.96. The number of rotatable bonds is 2. The van der Waals surface area contributed by atoms with E-state index in [9.17, 15) is 13.6 Å². The van der Waals surface area contributed by atoms with Crippen LogP contribution in [0.2, 0.25) is 0 Å². The third-order valence-corrected chi connectivity index (χ3v) is 3.23. The summed E-state index contributed by atoms with van der Waals surface area (Å²) < 4.78 is 27.3. The van der Waals surface area contributed by atoms with E-state index in [0.717, 1.165) is 0 Å². The van der Waals surface area contributed by atoms with Crippen LogP contribution in [0.25, 0.3) is 0 Å². The standard InChI is InChI=1S/C13H14F2O/c1-9(16)10-5-2-3-6-11(10)12-7-4-8-13(12,14)15/h2-3,5-6,12H,4,7-8H2,1H3. The fourth-order valence-corrected chi connectivity index (χ4v) is 2.43. The van der Waals surface area contributed by atoms with Gasteiger partial charge < -0.3 is 0 Å². The Morgan fingerprint density at radius 2 is 2.06 bits per heavy atom. The lowest BCUT2D eigenvalue weighted by Crippen LogP contribution is -2.21. The average Bonchev–Trinajstić information content (AvgIpc) is 2.58. The van der Waals surface area contributed by atoms with Crippen molar-refractivity contribution in [3.63, 3.8) is 0 Å². The highest BCUT2D eigenvalue weighted by molar-refractivity contribution is 5.95. The smallest absolute Gasteiger partial charge is 0.254 e. The zero-order valence-corrected chi connectivity index (χ0v) is 9.17. The van der Waals surface area contributed by atoms with Gasteiger partial charge in [0.1, 0.15) is 0 Å². The fraction of sp³-hybridized carbons (Fsp3) is 0.462. The summed E-state index contributed by atoms with van der Waals surface area (Å²) in [6.07, 6.45) is 0.936. The number of alkyl halides is 2. The molecule has 0 aliphatic heterocycles. The molecule has 1 unspecified atom stereocenters. The maximum atomic E-state index is 13.6. The van der Waals surface area contributed by atoms with E-state index in [-0.39, 0.29) is 12.2 Å². The molecule has 0 N–H and O–H groups in total.